The van der Waals surface area contributed by atoms with Gasteiger partial charge in [-0.3, -0.25) is 0 Å². The molecule has 0 atom stereocenters. The Morgan fingerprint density at radius 2 is 0.638 bits per heavy atom. The fourth-order valence-electron chi connectivity index (χ4n) is 10.6. The van der Waals surface area contributed by atoms with E-state index in [1.54, 1.807) is 0 Å². The van der Waals surface area contributed by atoms with Crippen molar-refractivity contribution in [3.63, 3.8) is 0 Å². The molecule has 0 aromatic heterocycles. The van der Waals surface area contributed by atoms with Crippen molar-refractivity contribution >= 4 is 97.0 Å². The number of hydrogen-bond donors (Lipinski definition) is 0. The summed E-state index contributed by atoms with van der Waals surface area (Å²) in [4.78, 5) is 0. The molecule has 0 spiro atoms. The Balaban J connectivity index is 1.35. The summed E-state index contributed by atoms with van der Waals surface area (Å²) >= 11 is 0. The Bertz CT molecular complexity index is 3640. The first-order chi connectivity index (χ1) is 28.0. The average Bonchev–Trinajstić information content (AvgIpc) is 3.72. The van der Waals surface area contributed by atoms with Crippen molar-refractivity contribution in [2.24, 2.45) is 0 Å². The maximum Gasteiger partial charge on any atom is -0.000719 e. The van der Waals surface area contributed by atoms with Crippen LogP contribution in [0.25, 0.3) is 119 Å². The lowest BCUT2D eigenvalue weighted by Gasteiger charge is -2.21. The lowest BCUT2D eigenvalue weighted by molar-refractivity contribution is 0.590. The van der Waals surface area contributed by atoms with Crippen LogP contribution in [0, 0.1) is 0 Å². The van der Waals surface area contributed by atoms with Gasteiger partial charge in [-0.25, -0.2) is 0 Å². The lowest BCUT2D eigenvalue weighted by atomic mass is 9.82. The van der Waals surface area contributed by atoms with Crippen LogP contribution in [-0.4, -0.2) is 0 Å². The second-order valence-electron chi connectivity index (χ2n) is 18.8. The van der Waals surface area contributed by atoms with Crippen LogP contribution in [0.3, 0.4) is 0 Å². The quantitative estimate of drug-likeness (QED) is 0.155. The van der Waals surface area contributed by atoms with Gasteiger partial charge in [-0.1, -0.05) is 175 Å². The van der Waals surface area contributed by atoms with E-state index in [1.807, 2.05) is 0 Å². The molecule has 0 fully saturated rings. The summed E-state index contributed by atoms with van der Waals surface area (Å²) in [5.41, 5.74) is 7.98. The summed E-state index contributed by atoms with van der Waals surface area (Å²) in [6, 6.07) is 60.8. The number of hydrogen-bond acceptors (Lipinski definition) is 0. The highest BCUT2D eigenvalue weighted by molar-refractivity contribution is 6.44. The van der Waals surface area contributed by atoms with Crippen LogP contribution in [0.5, 0.6) is 0 Å². The van der Waals surface area contributed by atoms with Gasteiger partial charge in [0.2, 0.25) is 0 Å². The molecule has 0 heterocycles. The standard InChI is InChI=1S/C58H44/c1-57(2,3)37-25-21-33(22-26-37)51-48-31-45-43-19-11-17-41-39-15-9-7-13-35(39)29-47(53(41)43)46(45)32-49(48)52(34-23-27-38(28-24-34)58(4,5)6)56-50-30-36-14-8-10-16-40(36)42-18-12-20-44(54(42)50)55(51)56/h7-32H,1-6H3. The molecule has 0 amide bonds. The van der Waals surface area contributed by atoms with E-state index in [9.17, 15) is 0 Å². The third-order valence-corrected chi connectivity index (χ3v) is 13.4. The SMILES string of the molecule is CC(C)(C)c1ccc(-c2c3cc4c(cc3c(-c3ccc(C(C)(C)C)cc3)c3c5cc6ccccc6c6cccc(c23)c65)c2cc3ccccc3c3cccc4c32)cc1. The third-order valence-electron chi connectivity index (χ3n) is 13.4. The van der Waals surface area contributed by atoms with Crippen molar-refractivity contribution in [2.45, 2.75) is 52.4 Å². The van der Waals surface area contributed by atoms with Crippen molar-refractivity contribution < 1.29 is 0 Å². The van der Waals surface area contributed by atoms with Gasteiger partial charge in [0.25, 0.3) is 0 Å². The molecule has 12 aromatic rings. The van der Waals surface area contributed by atoms with Crippen LogP contribution >= 0.6 is 0 Å². The van der Waals surface area contributed by atoms with Crippen molar-refractivity contribution in [3.8, 4) is 22.3 Å². The molecule has 0 aliphatic carbocycles. The predicted octanol–water partition coefficient (Wildman–Crippen LogP) is 16.9. The molecule has 0 bridgehead atoms. The zero-order valence-electron chi connectivity index (χ0n) is 34.0. The van der Waals surface area contributed by atoms with Crippen molar-refractivity contribution in [1.82, 2.24) is 0 Å². The Hall–Kier alpha value is -6.50. The Morgan fingerprint density at radius 1 is 0.259 bits per heavy atom. The van der Waals surface area contributed by atoms with Gasteiger partial charge in [0.15, 0.2) is 0 Å². The molecule has 0 saturated carbocycles. The van der Waals surface area contributed by atoms with Crippen LogP contribution in [0.4, 0.5) is 0 Å². The normalized spacial score (nSPS) is 13.0. The second-order valence-corrected chi connectivity index (χ2v) is 18.8. The highest BCUT2D eigenvalue weighted by Gasteiger charge is 2.27. The Labute approximate surface area is 339 Å². The minimum atomic E-state index is 0.0560. The van der Waals surface area contributed by atoms with Crippen molar-refractivity contribution in [1.29, 1.82) is 0 Å². The van der Waals surface area contributed by atoms with E-state index >= 15 is 0 Å². The Morgan fingerprint density at radius 3 is 1.14 bits per heavy atom. The number of rotatable bonds is 2. The second kappa shape index (κ2) is 11.6. The highest BCUT2D eigenvalue weighted by atomic mass is 14.3. The molecule has 276 valence electrons. The van der Waals surface area contributed by atoms with Gasteiger partial charge >= 0.3 is 0 Å². The number of benzene rings is 10. The zero-order valence-corrected chi connectivity index (χ0v) is 34.0. The monoisotopic (exact) mass is 740 g/mol. The summed E-state index contributed by atoms with van der Waals surface area (Å²) in [7, 11) is 0. The zero-order chi connectivity index (χ0) is 39.2. The minimum absolute atomic E-state index is 0.0560. The van der Waals surface area contributed by atoms with E-state index < -0.39 is 0 Å². The molecule has 12 aromatic carbocycles. The molecule has 58 heavy (non-hydrogen) atoms. The van der Waals surface area contributed by atoms with Gasteiger partial charge in [0.1, 0.15) is 0 Å². The molecule has 0 unspecified atom stereocenters. The molecular formula is C58H44. The third kappa shape index (κ3) is 4.58. The van der Waals surface area contributed by atoms with E-state index in [0.29, 0.717) is 0 Å². The van der Waals surface area contributed by atoms with Crippen molar-refractivity contribution in [3.05, 3.63) is 169 Å². The topological polar surface area (TPSA) is 0 Å². The minimum Gasteiger partial charge on any atom is -0.0616 e. The van der Waals surface area contributed by atoms with Crippen molar-refractivity contribution in [2.75, 3.05) is 0 Å². The van der Waals surface area contributed by atoms with Gasteiger partial charge in [-0.15, -0.1) is 0 Å². The van der Waals surface area contributed by atoms with Crippen LogP contribution in [0.2, 0.25) is 0 Å². The first-order valence-corrected chi connectivity index (χ1v) is 20.8. The highest BCUT2D eigenvalue weighted by Crippen LogP contribution is 2.54. The van der Waals surface area contributed by atoms with E-state index in [-0.39, 0.29) is 10.8 Å². The van der Waals surface area contributed by atoms with Gasteiger partial charge in [-0.05, 0) is 165 Å². The largest absolute Gasteiger partial charge is 0.0616 e. The van der Waals surface area contributed by atoms with Crippen LogP contribution in [-0.2, 0) is 10.8 Å². The fraction of sp³-hybridized carbons (Fsp3) is 0.138. The molecule has 0 heteroatoms. The van der Waals surface area contributed by atoms with Crippen LogP contribution in [0.1, 0.15) is 52.7 Å². The lowest BCUT2D eigenvalue weighted by Crippen LogP contribution is -2.10. The van der Waals surface area contributed by atoms with E-state index in [2.05, 4.69) is 199 Å². The molecule has 0 N–H and O–H groups in total. The Kier molecular flexibility index (Phi) is 6.70. The van der Waals surface area contributed by atoms with Gasteiger partial charge < -0.3 is 0 Å². The molecule has 0 aliphatic heterocycles. The van der Waals surface area contributed by atoms with E-state index in [0.717, 1.165) is 0 Å². The molecule has 12 rings (SSSR count). The summed E-state index contributed by atoms with van der Waals surface area (Å²) in [5.74, 6) is 0. The molecule has 0 nitrogen and oxygen atoms in total. The maximum atomic E-state index is 2.57. The fourth-order valence-corrected chi connectivity index (χ4v) is 10.6. The summed E-state index contributed by atoms with van der Waals surface area (Å²) in [5, 5.41) is 23.9. The van der Waals surface area contributed by atoms with Crippen LogP contribution in [0.15, 0.2) is 158 Å². The average molecular weight is 741 g/mol. The molecule has 0 aliphatic rings. The summed E-state index contributed by atoms with van der Waals surface area (Å²) in [6.45, 7) is 13.8. The predicted molar refractivity (Wildman–Crippen MR) is 255 cm³/mol. The van der Waals surface area contributed by atoms with Gasteiger partial charge in [-0.2, -0.15) is 0 Å². The van der Waals surface area contributed by atoms with Crippen LogP contribution < -0.4 is 0 Å². The first kappa shape index (κ1) is 33.6. The van der Waals surface area contributed by atoms with E-state index in [1.165, 1.54) is 130 Å². The first-order valence-electron chi connectivity index (χ1n) is 20.8. The van der Waals surface area contributed by atoms with Gasteiger partial charge in [0.05, 0.1) is 0 Å². The van der Waals surface area contributed by atoms with E-state index in [4.69, 9.17) is 0 Å². The summed E-state index contributed by atoms with van der Waals surface area (Å²) < 4.78 is 0. The molecule has 0 saturated heterocycles. The van der Waals surface area contributed by atoms with Gasteiger partial charge in [0, 0.05) is 0 Å². The smallest absolute Gasteiger partial charge is 0.000719 e. The molecular weight excluding hydrogens is 697 g/mol. The number of fused-ring (bicyclic) bond motifs is 11. The molecule has 0 radical (unpaired) electrons. The maximum absolute atomic E-state index is 2.57. The summed E-state index contributed by atoms with van der Waals surface area (Å²) in [6.07, 6.45) is 0.